The molecule has 0 radical (unpaired) electrons. The lowest BCUT2D eigenvalue weighted by Gasteiger charge is -2.09. The molecule has 0 spiro atoms. The van der Waals surface area contributed by atoms with E-state index in [1.54, 1.807) is 7.11 Å². The second kappa shape index (κ2) is 8.43. The van der Waals surface area contributed by atoms with Gasteiger partial charge in [-0.15, -0.1) is 0 Å². The molecule has 0 atom stereocenters. The highest BCUT2D eigenvalue weighted by Crippen LogP contribution is 2.26. The first-order valence-corrected chi connectivity index (χ1v) is 7.89. The Labute approximate surface area is 123 Å². The van der Waals surface area contributed by atoms with Crippen molar-refractivity contribution in [3.63, 3.8) is 0 Å². The van der Waals surface area contributed by atoms with E-state index in [2.05, 4.69) is 0 Å². The summed E-state index contributed by atoms with van der Waals surface area (Å²) < 4.78 is 37.8. The Bertz CT molecular complexity index is 521. The summed E-state index contributed by atoms with van der Waals surface area (Å²) >= 11 is 5.92. The van der Waals surface area contributed by atoms with E-state index < -0.39 is 10.0 Å². The van der Waals surface area contributed by atoms with Crippen molar-refractivity contribution in [3.8, 4) is 5.75 Å². The van der Waals surface area contributed by atoms with Crippen LogP contribution in [0.5, 0.6) is 5.75 Å². The highest BCUT2D eigenvalue weighted by molar-refractivity contribution is 7.89. The quantitative estimate of drug-likeness (QED) is 0.694. The molecule has 0 bridgehead atoms. The third-order valence-corrected chi connectivity index (χ3v) is 3.56. The van der Waals surface area contributed by atoms with Crippen molar-refractivity contribution in [1.82, 2.24) is 0 Å². The van der Waals surface area contributed by atoms with Crippen molar-refractivity contribution < 1.29 is 22.6 Å². The minimum Gasteiger partial charge on any atom is -0.492 e. The molecule has 6 nitrogen and oxygen atoms in total. The van der Waals surface area contributed by atoms with E-state index in [1.807, 2.05) is 0 Å². The zero-order valence-corrected chi connectivity index (χ0v) is 12.7. The van der Waals surface area contributed by atoms with Gasteiger partial charge in [0.05, 0.1) is 29.7 Å². The third-order valence-electron chi connectivity index (χ3n) is 2.35. The van der Waals surface area contributed by atoms with E-state index in [0.29, 0.717) is 38.6 Å². The normalized spacial score (nSPS) is 11.6. The summed E-state index contributed by atoms with van der Waals surface area (Å²) in [6, 6.07) is 4.10. The van der Waals surface area contributed by atoms with Gasteiger partial charge in [-0.2, -0.15) is 0 Å². The van der Waals surface area contributed by atoms with Gasteiger partial charge < -0.3 is 14.2 Å². The summed E-state index contributed by atoms with van der Waals surface area (Å²) in [6.45, 7) is 2.07. The lowest BCUT2D eigenvalue weighted by atomic mass is 10.3. The van der Waals surface area contributed by atoms with Crippen LogP contribution in [0, 0.1) is 0 Å². The van der Waals surface area contributed by atoms with Gasteiger partial charge in [-0.3, -0.25) is 0 Å². The highest BCUT2D eigenvalue weighted by Gasteiger charge is 2.11. The fraction of sp³-hybridized carbons (Fsp3) is 0.500. The van der Waals surface area contributed by atoms with E-state index in [1.165, 1.54) is 18.2 Å². The number of hydrogen-bond donors (Lipinski definition) is 1. The Morgan fingerprint density at radius 2 is 1.95 bits per heavy atom. The Morgan fingerprint density at radius 1 is 1.20 bits per heavy atom. The molecule has 0 aromatic heterocycles. The van der Waals surface area contributed by atoms with Crippen LogP contribution in [0.4, 0.5) is 0 Å². The van der Waals surface area contributed by atoms with Crippen LogP contribution >= 0.6 is 11.6 Å². The summed E-state index contributed by atoms with van der Waals surface area (Å²) in [4.78, 5) is -0.0438. The minimum absolute atomic E-state index is 0.0438. The molecule has 8 heteroatoms. The van der Waals surface area contributed by atoms with Gasteiger partial charge in [0.2, 0.25) is 10.0 Å². The molecule has 20 heavy (non-hydrogen) atoms. The molecule has 1 rings (SSSR count). The number of nitrogens with two attached hydrogens (primary N) is 1. The summed E-state index contributed by atoms with van der Waals surface area (Å²) in [5.41, 5.74) is 0. The molecule has 0 unspecified atom stereocenters. The Hall–Kier alpha value is -0.860. The number of hydrogen-bond acceptors (Lipinski definition) is 5. The van der Waals surface area contributed by atoms with E-state index in [4.69, 9.17) is 31.0 Å². The fourth-order valence-electron chi connectivity index (χ4n) is 1.36. The molecule has 0 saturated carbocycles. The second-order valence-electron chi connectivity index (χ2n) is 3.94. The van der Waals surface area contributed by atoms with Crippen molar-refractivity contribution in [3.05, 3.63) is 23.2 Å². The van der Waals surface area contributed by atoms with Gasteiger partial charge in [-0.25, -0.2) is 13.6 Å². The molecular formula is C12H18ClNO5S. The summed E-state index contributed by atoms with van der Waals surface area (Å²) in [5.74, 6) is 0.413. The average Bonchev–Trinajstić information content (AvgIpc) is 2.38. The van der Waals surface area contributed by atoms with Crippen molar-refractivity contribution in [2.45, 2.75) is 11.3 Å². The lowest BCUT2D eigenvalue weighted by molar-refractivity contribution is 0.0644. The molecule has 2 N–H and O–H groups in total. The number of sulfonamides is 1. The number of rotatable bonds is 9. The molecule has 1 aromatic rings. The van der Waals surface area contributed by atoms with Gasteiger partial charge in [-0.05, 0) is 18.2 Å². The first-order valence-electron chi connectivity index (χ1n) is 5.97. The molecule has 0 fully saturated rings. The first-order chi connectivity index (χ1) is 9.45. The minimum atomic E-state index is -3.75. The fourth-order valence-corrected chi connectivity index (χ4v) is 2.20. The van der Waals surface area contributed by atoms with Crippen LogP contribution in [0.3, 0.4) is 0 Å². The smallest absolute Gasteiger partial charge is 0.238 e. The van der Waals surface area contributed by atoms with Gasteiger partial charge >= 0.3 is 0 Å². The van der Waals surface area contributed by atoms with E-state index in [-0.39, 0.29) is 9.92 Å². The monoisotopic (exact) mass is 323 g/mol. The topological polar surface area (TPSA) is 87.8 Å². The Morgan fingerprint density at radius 3 is 2.55 bits per heavy atom. The maximum absolute atomic E-state index is 11.1. The van der Waals surface area contributed by atoms with E-state index >= 15 is 0 Å². The van der Waals surface area contributed by atoms with Crippen molar-refractivity contribution in [2.75, 3.05) is 33.5 Å². The van der Waals surface area contributed by atoms with Crippen LogP contribution in [0.1, 0.15) is 6.42 Å². The van der Waals surface area contributed by atoms with E-state index in [9.17, 15) is 8.42 Å². The molecular weight excluding hydrogens is 306 g/mol. The number of ether oxygens (including phenoxy) is 3. The van der Waals surface area contributed by atoms with Gasteiger partial charge in [-0.1, -0.05) is 11.6 Å². The van der Waals surface area contributed by atoms with Crippen molar-refractivity contribution >= 4 is 21.6 Å². The molecule has 0 heterocycles. The molecule has 114 valence electrons. The van der Waals surface area contributed by atoms with E-state index in [0.717, 1.165) is 0 Å². The summed E-state index contributed by atoms with van der Waals surface area (Å²) in [5, 5.41) is 5.21. The zero-order chi connectivity index (χ0) is 15.0. The van der Waals surface area contributed by atoms with Crippen LogP contribution in [0.15, 0.2) is 23.1 Å². The van der Waals surface area contributed by atoms with Gasteiger partial charge in [0.1, 0.15) is 5.75 Å². The maximum atomic E-state index is 11.1. The van der Waals surface area contributed by atoms with Crippen molar-refractivity contribution in [1.29, 1.82) is 0 Å². The average molecular weight is 324 g/mol. The number of methoxy groups -OCH3 is 1. The molecule has 0 saturated heterocycles. The molecule has 0 aliphatic heterocycles. The Balaban J connectivity index is 2.38. The lowest BCUT2D eigenvalue weighted by Crippen LogP contribution is -2.12. The maximum Gasteiger partial charge on any atom is 0.238 e. The largest absolute Gasteiger partial charge is 0.492 e. The predicted molar refractivity (Wildman–Crippen MR) is 75.6 cm³/mol. The van der Waals surface area contributed by atoms with Crippen LogP contribution in [0.25, 0.3) is 0 Å². The van der Waals surface area contributed by atoms with Gasteiger partial charge in [0.25, 0.3) is 0 Å². The van der Waals surface area contributed by atoms with Gasteiger partial charge in [0.15, 0.2) is 0 Å². The Kier molecular flexibility index (Phi) is 7.25. The second-order valence-corrected chi connectivity index (χ2v) is 5.91. The first kappa shape index (κ1) is 17.2. The SMILES string of the molecule is COCCOCCCOc1ccc(S(N)(=O)=O)cc1Cl. The van der Waals surface area contributed by atoms with Crippen LogP contribution in [-0.4, -0.2) is 42.0 Å². The summed E-state index contributed by atoms with van der Waals surface area (Å²) in [7, 11) is -2.14. The van der Waals surface area contributed by atoms with Crippen LogP contribution in [-0.2, 0) is 19.5 Å². The summed E-state index contributed by atoms with van der Waals surface area (Å²) in [6.07, 6.45) is 0.691. The third kappa shape index (κ3) is 6.06. The predicted octanol–water partition coefficient (Wildman–Crippen LogP) is 1.42. The van der Waals surface area contributed by atoms with Crippen LogP contribution < -0.4 is 9.88 Å². The molecule has 1 aromatic carbocycles. The van der Waals surface area contributed by atoms with Crippen molar-refractivity contribution in [2.24, 2.45) is 5.14 Å². The van der Waals surface area contributed by atoms with Crippen LogP contribution in [0.2, 0.25) is 5.02 Å². The van der Waals surface area contributed by atoms with Gasteiger partial charge in [0, 0.05) is 20.1 Å². The number of benzene rings is 1. The number of primary sulfonamides is 1. The highest BCUT2D eigenvalue weighted by atomic mass is 35.5. The zero-order valence-electron chi connectivity index (χ0n) is 11.2. The molecule has 0 aliphatic carbocycles. The molecule has 0 amide bonds. The molecule has 0 aliphatic rings. The standard InChI is InChI=1S/C12H18ClNO5S/c1-17-7-8-18-5-2-6-19-12-4-3-10(9-11(12)13)20(14,15)16/h3-4,9H,2,5-8H2,1H3,(H2,14,15,16). The number of halogens is 1.